The molecule has 1 fully saturated rings. The number of aromatic nitrogens is 1. The summed E-state index contributed by atoms with van der Waals surface area (Å²) in [5, 5.41) is 0. The Kier molecular flexibility index (Phi) is 5.19. The summed E-state index contributed by atoms with van der Waals surface area (Å²) in [6.45, 7) is 4.98. The number of amides is 1. The van der Waals surface area contributed by atoms with Crippen molar-refractivity contribution < 1.29 is 14.3 Å². The lowest BCUT2D eigenvalue weighted by Crippen LogP contribution is -2.48. The second kappa shape index (κ2) is 7.92. The average molecular weight is 379 g/mol. The van der Waals surface area contributed by atoms with Gasteiger partial charge in [-0.1, -0.05) is 6.07 Å². The summed E-state index contributed by atoms with van der Waals surface area (Å²) in [6, 6.07) is 9.86. The zero-order valence-electron chi connectivity index (χ0n) is 16.3. The van der Waals surface area contributed by atoms with Crippen LogP contribution < -0.4 is 14.4 Å². The molecule has 1 atom stereocenters. The highest BCUT2D eigenvalue weighted by molar-refractivity contribution is 5.92. The zero-order valence-corrected chi connectivity index (χ0v) is 16.3. The quantitative estimate of drug-likeness (QED) is 0.765. The molecule has 0 bridgehead atoms. The van der Waals surface area contributed by atoms with Gasteiger partial charge in [0.05, 0.1) is 7.11 Å². The largest absolute Gasteiger partial charge is 0.496 e. The van der Waals surface area contributed by atoms with Gasteiger partial charge in [0.2, 0.25) is 5.91 Å². The molecule has 2 aromatic rings. The highest BCUT2D eigenvalue weighted by Crippen LogP contribution is 2.35. The van der Waals surface area contributed by atoms with E-state index >= 15 is 0 Å². The standard InChI is InChI=1S/C22H25N3O3/c1-16-13-18-15-19(27-2)17(14-20(18)28-16)6-7-22(26)25-11-9-24(10-12-25)21-5-3-4-8-23-21/h3-8,14-16H,9-13H2,1-2H3/b7-6+/t16-/m1/s1. The summed E-state index contributed by atoms with van der Waals surface area (Å²) in [5.74, 6) is 2.62. The van der Waals surface area contributed by atoms with Crippen molar-refractivity contribution in [2.24, 2.45) is 0 Å². The Balaban J connectivity index is 1.40. The summed E-state index contributed by atoms with van der Waals surface area (Å²) in [6.07, 6.45) is 6.30. The van der Waals surface area contributed by atoms with Crippen molar-refractivity contribution in [2.45, 2.75) is 19.4 Å². The van der Waals surface area contributed by atoms with E-state index in [1.165, 1.54) is 0 Å². The summed E-state index contributed by atoms with van der Waals surface area (Å²) in [7, 11) is 1.65. The van der Waals surface area contributed by atoms with Crippen molar-refractivity contribution in [2.75, 3.05) is 38.2 Å². The molecule has 146 valence electrons. The number of hydrogen-bond acceptors (Lipinski definition) is 5. The van der Waals surface area contributed by atoms with Crippen molar-refractivity contribution in [1.82, 2.24) is 9.88 Å². The van der Waals surface area contributed by atoms with Crippen LogP contribution in [0.4, 0.5) is 5.82 Å². The Labute approximate surface area is 165 Å². The number of rotatable bonds is 4. The third kappa shape index (κ3) is 3.81. The second-order valence-electron chi connectivity index (χ2n) is 7.17. The monoisotopic (exact) mass is 379 g/mol. The SMILES string of the molecule is COc1cc2c(cc1/C=C/C(=O)N1CCN(c3ccccn3)CC1)O[C@H](C)C2. The van der Waals surface area contributed by atoms with Crippen molar-refractivity contribution in [3.05, 3.63) is 53.7 Å². The molecule has 0 aliphatic carbocycles. The Hall–Kier alpha value is -3.02. The first-order valence-corrected chi connectivity index (χ1v) is 9.64. The van der Waals surface area contributed by atoms with Gasteiger partial charge < -0.3 is 19.3 Å². The molecule has 0 saturated carbocycles. The second-order valence-corrected chi connectivity index (χ2v) is 7.17. The van der Waals surface area contributed by atoms with Crippen LogP contribution in [-0.2, 0) is 11.2 Å². The topological polar surface area (TPSA) is 54.9 Å². The maximum atomic E-state index is 12.6. The summed E-state index contributed by atoms with van der Waals surface area (Å²) in [5.41, 5.74) is 2.01. The van der Waals surface area contributed by atoms with Gasteiger partial charge in [-0.25, -0.2) is 4.98 Å². The molecule has 3 heterocycles. The number of nitrogens with zero attached hydrogens (tertiary/aromatic N) is 3. The van der Waals surface area contributed by atoms with E-state index in [1.807, 2.05) is 41.3 Å². The van der Waals surface area contributed by atoms with Crippen LogP contribution in [-0.4, -0.2) is 55.2 Å². The fourth-order valence-electron chi connectivity index (χ4n) is 3.73. The molecule has 0 unspecified atom stereocenters. The fourth-order valence-corrected chi connectivity index (χ4v) is 3.73. The van der Waals surface area contributed by atoms with Crippen LogP contribution in [0.15, 0.2) is 42.6 Å². The molecule has 2 aliphatic rings. The van der Waals surface area contributed by atoms with Gasteiger partial charge in [-0.3, -0.25) is 4.79 Å². The summed E-state index contributed by atoms with van der Waals surface area (Å²) >= 11 is 0. The number of ether oxygens (including phenoxy) is 2. The van der Waals surface area contributed by atoms with Gasteiger partial charge >= 0.3 is 0 Å². The molecule has 1 aromatic heterocycles. The summed E-state index contributed by atoms with van der Waals surface area (Å²) < 4.78 is 11.3. The molecule has 0 spiro atoms. The fraction of sp³-hybridized carbons (Fsp3) is 0.364. The van der Waals surface area contributed by atoms with Crippen LogP contribution in [0.3, 0.4) is 0 Å². The Morgan fingerprint density at radius 1 is 1.25 bits per heavy atom. The van der Waals surface area contributed by atoms with Gasteiger partial charge in [-0.15, -0.1) is 0 Å². The predicted octanol–water partition coefficient (Wildman–Crippen LogP) is 2.78. The summed E-state index contributed by atoms with van der Waals surface area (Å²) in [4.78, 5) is 21.1. The van der Waals surface area contributed by atoms with Crippen molar-refractivity contribution in [1.29, 1.82) is 0 Å². The van der Waals surface area contributed by atoms with Gasteiger partial charge in [-0.05, 0) is 37.3 Å². The zero-order chi connectivity index (χ0) is 19.5. The van der Waals surface area contributed by atoms with Gasteiger partial charge in [0.1, 0.15) is 23.4 Å². The van der Waals surface area contributed by atoms with Crippen LogP contribution in [0.1, 0.15) is 18.1 Å². The number of piperazine rings is 1. The smallest absolute Gasteiger partial charge is 0.246 e. The van der Waals surface area contributed by atoms with Crippen molar-refractivity contribution in [3.8, 4) is 11.5 Å². The molecule has 4 rings (SSSR count). The van der Waals surface area contributed by atoms with Crippen molar-refractivity contribution in [3.63, 3.8) is 0 Å². The lowest BCUT2D eigenvalue weighted by molar-refractivity contribution is -0.126. The molecule has 1 aromatic carbocycles. The van der Waals surface area contributed by atoms with Crippen molar-refractivity contribution >= 4 is 17.8 Å². The van der Waals surface area contributed by atoms with E-state index in [4.69, 9.17) is 9.47 Å². The van der Waals surface area contributed by atoms with E-state index in [-0.39, 0.29) is 12.0 Å². The van der Waals surface area contributed by atoms with Crippen LogP contribution >= 0.6 is 0 Å². The molecule has 28 heavy (non-hydrogen) atoms. The lowest BCUT2D eigenvalue weighted by Gasteiger charge is -2.34. The first-order chi connectivity index (χ1) is 13.6. The van der Waals surface area contributed by atoms with Crippen LogP contribution in [0.2, 0.25) is 0 Å². The van der Waals surface area contributed by atoms with Gasteiger partial charge in [0, 0.05) is 56.0 Å². The third-order valence-corrected chi connectivity index (χ3v) is 5.22. The molecule has 1 amide bonds. The molecule has 6 nitrogen and oxygen atoms in total. The average Bonchev–Trinajstić information content (AvgIpc) is 3.10. The molecule has 6 heteroatoms. The highest BCUT2D eigenvalue weighted by atomic mass is 16.5. The minimum absolute atomic E-state index is 0.0116. The maximum Gasteiger partial charge on any atom is 0.246 e. The van der Waals surface area contributed by atoms with E-state index < -0.39 is 0 Å². The molecular formula is C22H25N3O3. The van der Waals surface area contributed by atoms with E-state index in [2.05, 4.69) is 16.8 Å². The number of benzene rings is 1. The van der Waals surface area contributed by atoms with Gasteiger partial charge in [-0.2, -0.15) is 0 Å². The molecule has 1 saturated heterocycles. The number of pyridine rings is 1. The lowest BCUT2D eigenvalue weighted by atomic mass is 10.1. The minimum Gasteiger partial charge on any atom is -0.496 e. The van der Waals surface area contributed by atoms with E-state index in [0.717, 1.165) is 48.0 Å². The third-order valence-electron chi connectivity index (χ3n) is 5.22. The minimum atomic E-state index is 0.0116. The predicted molar refractivity (Wildman–Crippen MR) is 109 cm³/mol. The number of carbonyl (C=O) groups excluding carboxylic acids is 1. The van der Waals surface area contributed by atoms with Crippen LogP contribution in [0, 0.1) is 0 Å². The van der Waals surface area contributed by atoms with Crippen LogP contribution in [0.25, 0.3) is 6.08 Å². The van der Waals surface area contributed by atoms with E-state index in [9.17, 15) is 4.79 Å². The van der Waals surface area contributed by atoms with Gasteiger partial charge in [0.25, 0.3) is 0 Å². The maximum absolute atomic E-state index is 12.6. The highest BCUT2D eigenvalue weighted by Gasteiger charge is 2.22. The van der Waals surface area contributed by atoms with E-state index in [1.54, 1.807) is 19.4 Å². The molecule has 2 aliphatic heterocycles. The number of carbonyl (C=O) groups is 1. The number of anilines is 1. The van der Waals surface area contributed by atoms with E-state index in [0.29, 0.717) is 13.1 Å². The van der Waals surface area contributed by atoms with Gasteiger partial charge in [0.15, 0.2) is 0 Å². The number of hydrogen-bond donors (Lipinski definition) is 0. The normalized spacial score (nSPS) is 18.9. The number of methoxy groups -OCH3 is 1. The first-order valence-electron chi connectivity index (χ1n) is 9.64. The number of fused-ring (bicyclic) bond motifs is 1. The first kappa shape index (κ1) is 18.3. The molecule has 0 radical (unpaired) electrons. The molecular weight excluding hydrogens is 354 g/mol. The molecule has 0 N–H and O–H groups in total. The Bertz CT molecular complexity index is 874. The Morgan fingerprint density at radius 2 is 2.07 bits per heavy atom. The Morgan fingerprint density at radius 3 is 2.79 bits per heavy atom. The van der Waals surface area contributed by atoms with Crippen LogP contribution in [0.5, 0.6) is 11.5 Å².